The third kappa shape index (κ3) is 4.24. The molecule has 1 aliphatic rings. The van der Waals surface area contributed by atoms with Gasteiger partial charge in [0, 0.05) is 18.3 Å². The highest BCUT2D eigenvalue weighted by molar-refractivity contribution is 7.99. The highest BCUT2D eigenvalue weighted by Gasteiger charge is 2.28. The summed E-state index contributed by atoms with van der Waals surface area (Å²) in [5.41, 5.74) is 2.72. The van der Waals surface area contributed by atoms with Gasteiger partial charge in [0.25, 0.3) is 0 Å². The van der Waals surface area contributed by atoms with Crippen molar-refractivity contribution in [3.05, 3.63) is 35.4 Å². The summed E-state index contributed by atoms with van der Waals surface area (Å²) in [6.45, 7) is 5.80. The Labute approximate surface area is 132 Å². The quantitative estimate of drug-likeness (QED) is 0.924. The lowest BCUT2D eigenvalue weighted by Gasteiger charge is -2.22. The molecule has 0 spiro atoms. The van der Waals surface area contributed by atoms with Crippen LogP contribution in [0.3, 0.4) is 0 Å². The fourth-order valence-electron chi connectivity index (χ4n) is 2.42. The SMILES string of the molecule is CC(C)(C)S(=O)(=O)CCNC1CSCCc2ccccc21. The molecule has 1 atom stereocenters. The zero-order valence-corrected chi connectivity index (χ0v) is 14.7. The molecule has 5 heteroatoms. The summed E-state index contributed by atoms with van der Waals surface area (Å²) in [4.78, 5) is 0. The number of rotatable bonds is 4. The Morgan fingerprint density at radius 2 is 2.00 bits per heavy atom. The molecule has 3 nitrogen and oxygen atoms in total. The maximum atomic E-state index is 12.2. The maximum absolute atomic E-state index is 12.2. The molecular weight excluding hydrogens is 302 g/mol. The predicted molar refractivity (Wildman–Crippen MR) is 91.8 cm³/mol. The topological polar surface area (TPSA) is 46.2 Å². The molecule has 0 radical (unpaired) electrons. The number of thioether (sulfide) groups is 1. The largest absolute Gasteiger partial charge is 0.308 e. The highest BCUT2D eigenvalue weighted by Crippen LogP contribution is 2.27. The van der Waals surface area contributed by atoms with Crippen LogP contribution in [-0.4, -0.2) is 37.0 Å². The van der Waals surface area contributed by atoms with E-state index in [1.165, 1.54) is 11.1 Å². The molecule has 1 aliphatic heterocycles. The van der Waals surface area contributed by atoms with Crippen LogP contribution in [0.4, 0.5) is 0 Å². The second-order valence-electron chi connectivity index (χ2n) is 6.46. The van der Waals surface area contributed by atoms with Crippen molar-refractivity contribution in [1.29, 1.82) is 0 Å². The van der Waals surface area contributed by atoms with Crippen molar-refractivity contribution in [3.63, 3.8) is 0 Å². The Bertz CT molecular complexity index is 576. The molecule has 2 rings (SSSR count). The van der Waals surface area contributed by atoms with Crippen LogP contribution in [0, 0.1) is 0 Å². The fraction of sp³-hybridized carbons (Fsp3) is 0.625. The standard InChI is InChI=1S/C16H25NO2S2/c1-16(2,3)21(18,19)11-9-17-15-12-20-10-8-13-6-4-5-7-14(13)15/h4-7,15,17H,8-12H2,1-3H3. The highest BCUT2D eigenvalue weighted by atomic mass is 32.2. The van der Waals surface area contributed by atoms with E-state index in [9.17, 15) is 8.42 Å². The van der Waals surface area contributed by atoms with Gasteiger partial charge in [-0.2, -0.15) is 11.8 Å². The molecule has 1 unspecified atom stereocenters. The first-order valence-corrected chi connectivity index (χ1v) is 10.2. The van der Waals surface area contributed by atoms with Crippen LogP contribution in [-0.2, 0) is 16.3 Å². The smallest absolute Gasteiger partial charge is 0.156 e. The van der Waals surface area contributed by atoms with E-state index >= 15 is 0 Å². The van der Waals surface area contributed by atoms with Gasteiger partial charge in [-0.1, -0.05) is 24.3 Å². The van der Waals surface area contributed by atoms with Gasteiger partial charge in [-0.3, -0.25) is 0 Å². The van der Waals surface area contributed by atoms with Crippen molar-refractivity contribution < 1.29 is 8.42 Å². The average molecular weight is 328 g/mol. The third-order valence-electron chi connectivity index (χ3n) is 3.93. The van der Waals surface area contributed by atoms with Gasteiger partial charge < -0.3 is 5.32 Å². The first-order chi connectivity index (χ1) is 9.81. The van der Waals surface area contributed by atoms with E-state index in [2.05, 4.69) is 29.6 Å². The molecule has 0 bridgehead atoms. The van der Waals surface area contributed by atoms with E-state index in [0.717, 1.165) is 17.9 Å². The lowest BCUT2D eigenvalue weighted by molar-refractivity contribution is 0.547. The molecule has 1 heterocycles. The second kappa shape index (κ2) is 6.71. The Kier molecular flexibility index (Phi) is 5.38. The van der Waals surface area contributed by atoms with E-state index in [4.69, 9.17) is 0 Å². The minimum Gasteiger partial charge on any atom is -0.308 e. The molecule has 0 fully saturated rings. The number of aryl methyl sites for hydroxylation is 1. The molecule has 21 heavy (non-hydrogen) atoms. The molecule has 0 aliphatic carbocycles. The van der Waals surface area contributed by atoms with Crippen molar-refractivity contribution in [1.82, 2.24) is 5.32 Å². The number of fused-ring (bicyclic) bond motifs is 1. The van der Waals surface area contributed by atoms with Gasteiger partial charge in [0.05, 0.1) is 10.5 Å². The molecule has 1 aromatic rings. The van der Waals surface area contributed by atoms with Gasteiger partial charge in [-0.25, -0.2) is 8.42 Å². The fourth-order valence-corrected chi connectivity index (χ4v) is 4.48. The lowest BCUT2D eigenvalue weighted by atomic mass is 10.00. The van der Waals surface area contributed by atoms with E-state index < -0.39 is 14.6 Å². The molecule has 0 amide bonds. The van der Waals surface area contributed by atoms with Crippen LogP contribution in [0.5, 0.6) is 0 Å². The molecule has 1 N–H and O–H groups in total. The lowest BCUT2D eigenvalue weighted by Crippen LogP contribution is -2.36. The minimum atomic E-state index is -3.05. The summed E-state index contributed by atoms with van der Waals surface area (Å²) in [5.74, 6) is 2.34. The van der Waals surface area contributed by atoms with Gasteiger partial charge in [0.15, 0.2) is 9.84 Å². The van der Waals surface area contributed by atoms with Gasteiger partial charge in [0.1, 0.15) is 0 Å². The van der Waals surface area contributed by atoms with E-state index in [-0.39, 0.29) is 11.8 Å². The van der Waals surface area contributed by atoms with Crippen LogP contribution in [0.2, 0.25) is 0 Å². The first-order valence-electron chi connectivity index (χ1n) is 7.42. The van der Waals surface area contributed by atoms with Crippen LogP contribution in [0.15, 0.2) is 24.3 Å². The second-order valence-corrected chi connectivity index (χ2v) is 10.5. The summed E-state index contributed by atoms with van der Waals surface area (Å²) >= 11 is 1.93. The predicted octanol–water partition coefficient (Wildman–Crippen LogP) is 2.82. The third-order valence-corrected chi connectivity index (χ3v) is 7.59. The van der Waals surface area contributed by atoms with E-state index in [1.807, 2.05) is 11.8 Å². The molecule has 0 aromatic heterocycles. The minimum absolute atomic E-state index is 0.194. The van der Waals surface area contributed by atoms with Crippen molar-refractivity contribution in [2.45, 2.75) is 38.0 Å². The molecule has 0 saturated carbocycles. The van der Waals surface area contributed by atoms with Gasteiger partial charge >= 0.3 is 0 Å². The average Bonchev–Trinajstić information content (AvgIpc) is 2.60. The van der Waals surface area contributed by atoms with Crippen molar-refractivity contribution >= 4 is 21.6 Å². The van der Waals surface area contributed by atoms with Crippen LogP contribution in [0.25, 0.3) is 0 Å². The normalized spacial score (nSPS) is 19.9. The Morgan fingerprint density at radius 3 is 2.71 bits per heavy atom. The van der Waals surface area contributed by atoms with Crippen LogP contribution >= 0.6 is 11.8 Å². The van der Waals surface area contributed by atoms with Crippen molar-refractivity contribution in [2.75, 3.05) is 23.8 Å². The number of benzene rings is 1. The van der Waals surface area contributed by atoms with Crippen LogP contribution < -0.4 is 5.32 Å². The first kappa shape index (κ1) is 16.8. The Balaban J connectivity index is 2.01. The summed E-state index contributed by atoms with van der Waals surface area (Å²) in [5, 5.41) is 3.45. The number of hydrogen-bond acceptors (Lipinski definition) is 4. The summed E-state index contributed by atoms with van der Waals surface area (Å²) in [6, 6.07) is 8.74. The van der Waals surface area contributed by atoms with Crippen molar-refractivity contribution in [3.8, 4) is 0 Å². The summed E-state index contributed by atoms with van der Waals surface area (Å²) < 4.78 is 23.6. The van der Waals surface area contributed by atoms with Crippen molar-refractivity contribution in [2.24, 2.45) is 0 Å². The summed E-state index contributed by atoms with van der Waals surface area (Å²) in [6.07, 6.45) is 1.10. The Morgan fingerprint density at radius 1 is 1.29 bits per heavy atom. The van der Waals surface area contributed by atoms with E-state index in [1.54, 1.807) is 20.8 Å². The van der Waals surface area contributed by atoms with Gasteiger partial charge in [0.2, 0.25) is 0 Å². The number of nitrogens with one attached hydrogen (secondary N) is 1. The number of hydrogen-bond donors (Lipinski definition) is 1. The number of sulfone groups is 1. The zero-order chi connectivity index (χ0) is 15.5. The molecule has 118 valence electrons. The maximum Gasteiger partial charge on any atom is 0.156 e. The van der Waals surface area contributed by atoms with E-state index in [0.29, 0.717) is 6.54 Å². The van der Waals surface area contributed by atoms with Gasteiger partial charge in [-0.15, -0.1) is 0 Å². The molecular formula is C16H25NO2S2. The van der Waals surface area contributed by atoms with Crippen LogP contribution in [0.1, 0.15) is 37.9 Å². The summed E-state index contributed by atoms with van der Waals surface area (Å²) in [7, 11) is -3.05. The zero-order valence-electron chi connectivity index (χ0n) is 13.1. The monoisotopic (exact) mass is 327 g/mol. The van der Waals surface area contributed by atoms with Gasteiger partial charge in [-0.05, 0) is 44.1 Å². The Hall–Kier alpha value is -0.520. The molecule has 0 saturated heterocycles. The molecule has 1 aromatic carbocycles.